The number of azo groups is 1. The normalized spacial score (nSPS) is 12.8. The van der Waals surface area contributed by atoms with Gasteiger partial charge in [-0.15, -0.1) is 10.2 Å². The third kappa shape index (κ3) is 6.13. The summed E-state index contributed by atoms with van der Waals surface area (Å²) >= 11 is 0. The third-order valence-electron chi connectivity index (χ3n) is 3.50. The first-order valence-corrected chi connectivity index (χ1v) is 10.1. The molecule has 4 N–H and O–H groups in total. The first-order valence-electron chi connectivity index (χ1n) is 8.63. The van der Waals surface area contributed by atoms with E-state index in [0.29, 0.717) is 5.69 Å². The minimum atomic E-state index is -3.81. The topological polar surface area (TPSA) is 140 Å². The molecular weight excluding hydrogens is 396 g/mol. The van der Waals surface area contributed by atoms with Gasteiger partial charge in [-0.3, -0.25) is 4.79 Å². The van der Waals surface area contributed by atoms with E-state index in [-0.39, 0.29) is 28.1 Å². The van der Waals surface area contributed by atoms with Crippen LogP contribution in [0.1, 0.15) is 20.8 Å². The largest absolute Gasteiger partial charge is 0.510 e. The highest BCUT2D eigenvalue weighted by molar-refractivity contribution is 7.89. The van der Waals surface area contributed by atoms with Crippen molar-refractivity contribution in [2.75, 3.05) is 5.32 Å². The zero-order valence-corrected chi connectivity index (χ0v) is 16.9. The van der Waals surface area contributed by atoms with Crippen LogP contribution in [0.3, 0.4) is 0 Å². The van der Waals surface area contributed by atoms with Gasteiger partial charge in [0.15, 0.2) is 5.70 Å². The predicted molar refractivity (Wildman–Crippen MR) is 108 cm³/mol. The highest BCUT2D eigenvalue weighted by Gasteiger charge is 2.18. The lowest BCUT2D eigenvalue weighted by Gasteiger charge is -2.10. The summed E-state index contributed by atoms with van der Waals surface area (Å²) in [4.78, 5) is 12.2. The molecule has 1 amide bonds. The number of aromatic hydroxyl groups is 1. The molecule has 0 fully saturated rings. The van der Waals surface area contributed by atoms with Crippen molar-refractivity contribution in [3.05, 3.63) is 60.0 Å². The first-order chi connectivity index (χ1) is 13.6. The van der Waals surface area contributed by atoms with E-state index in [9.17, 15) is 23.4 Å². The number of allylic oxidation sites excluding steroid dienone is 1. The Morgan fingerprint density at radius 2 is 1.76 bits per heavy atom. The van der Waals surface area contributed by atoms with E-state index in [1.165, 1.54) is 13.0 Å². The molecule has 0 radical (unpaired) electrons. The number of para-hydroxylation sites is 1. The number of hydrogen-bond acceptors (Lipinski definition) is 7. The van der Waals surface area contributed by atoms with Crippen molar-refractivity contribution in [3.63, 3.8) is 0 Å². The smallest absolute Gasteiger partial charge is 0.279 e. The lowest BCUT2D eigenvalue weighted by molar-refractivity contribution is -0.113. The molecule has 0 saturated heterocycles. The lowest BCUT2D eigenvalue weighted by Crippen LogP contribution is -2.30. The maximum Gasteiger partial charge on any atom is 0.279 e. The fourth-order valence-electron chi connectivity index (χ4n) is 2.23. The number of rotatable bonds is 7. The highest BCUT2D eigenvalue weighted by atomic mass is 32.2. The Kier molecular flexibility index (Phi) is 7.08. The van der Waals surface area contributed by atoms with Gasteiger partial charge in [0.25, 0.3) is 5.91 Å². The van der Waals surface area contributed by atoms with Crippen LogP contribution >= 0.6 is 0 Å². The molecular formula is C19H22N4O5S. The van der Waals surface area contributed by atoms with Crippen LogP contribution in [0.15, 0.2) is 75.1 Å². The van der Waals surface area contributed by atoms with Crippen molar-refractivity contribution in [2.45, 2.75) is 31.7 Å². The number of anilines is 1. The van der Waals surface area contributed by atoms with Gasteiger partial charge in [-0.2, -0.15) is 0 Å². The molecule has 10 heteroatoms. The molecule has 0 bridgehead atoms. The zero-order valence-electron chi connectivity index (χ0n) is 16.1. The molecule has 0 atom stereocenters. The van der Waals surface area contributed by atoms with Crippen molar-refractivity contribution in [1.82, 2.24) is 4.72 Å². The van der Waals surface area contributed by atoms with Gasteiger partial charge >= 0.3 is 0 Å². The molecule has 9 nitrogen and oxygen atoms in total. The average Bonchev–Trinajstić information content (AvgIpc) is 2.62. The van der Waals surface area contributed by atoms with Gasteiger partial charge < -0.3 is 15.5 Å². The van der Waals surface area contributed by atoms with E-state index >= 15 is 0 Å². The number of phenolic OH excluding ortho intramolecular Hbond substituents is 1. The number of benzene rings is 2. The van der Waals surface area contributed by atoms with Gasteiger partial charge in [-0.1, -0.05) is 18.2 Å². The molecule has 154 valence electrons. The molecule has 0 aromatic heterocycles. The second-order valence-corrected chi connectivity index (χ2v) is 8.09. The molecule has 0 unspecified atom stereocenters. The van der Waals surface area contributed by atoms with Crippen LogP contribution in [-0.4, -0.2) is 30.6 Å². The molecule has 0 heterocycles. The number of aliphatic hydroxyl groups excluding tert-OH is 1. The molecule has 0 aliphatic heterocycles. The van der Waals surface area contributed by atoms with Crippen LogP contribution in [0.4, 0.5) is 11.4 Å². The fourth-order valence-corrected chi connectivity index (χ4v) is 3.50. The maximum atomic E-state index is 12.4. The number of phenols is 1. The van der Waals surface area contributed by atoms with Gasteiger partial charge in [0, 0.05) is 11.7 Å². The van der Waals surface area contributed by atoms with Crippen molar-refractivity contribution >= 4 is 27.3 Å². The summed E-state index contributed by atoms with van der Waals surface area (Å²) in [7, 11) is -3.81. The first kappa shape index (κ1) is 22.1. The van der Waals surface area contributed by atoms with Crippen LogP contribution < -0.4 is 10.0 Å². The third-order valence-corrected chi connectivity index (χ3v) is 5.15. The Labute approximate surface area is 168 Å². The fraction of sp³-hybridized carbons (Fsp3) is 0.211. The molecule has 2 aromatic carbocycles. The van der Waals surface area contributed by atoms with Gasteiger partial charge in [0.2, 0.25) is 10.0 Å². The maximum absolute atomic E-state index is 12.4. The quantitative estimate of drug-likeness (QED) is 0.309. The summed E-state index contributed by atoms with van der Waals surface area (Å²) in [5.74, 6) is -1.45. The minimum Gasteiger partial charge on any atom is -0.510 e. The SMILES string of the molecule is C/C(O)=C(/N=Nc1cc(S(=O)(=O)NC(C)C)ccc1O)C(=O)Nc1ccccc1. The van der Waals surface area contributed by atoms with Crippen molar-refractivity contribution in [1.29, 1.82) is 0 Å². The van der Waals surface area contributed by atoms with Crippen molar-refractivity contribution < 1.29 is 23.4 Å². The number of hydrogen-bond donors (Lipinski definition) is 4. The molecule has 29 heavy (non-hydrogen) atoms. The Morgan fingerprint density at radius 1 is 1.10 bits per heavy atom. The van der Waals surface area contributed by atoms with E-state index in [2.05, 4.69) is 20.3 Å². The monoisotopic (exact) mass is 418 g/mol. The van der Waals surface area contributed by atoms with E-state index in [4.69, 9.17) is 0 Å². The Balaban J connectivity index is 2.31. The summed E-state index contributed by atoms with van der Waals surface area (Å²) in [6, 6.07) is 11.7. The van der Waals surface area contributed by atoms with Gasteiger partial charge in [0.05, 0.1) is 4.90 Å². The number of sulfonamides is 1. The van der Waals surface area contributed by atoms with Crippen LogP contribution in [-0.2, 0) is 14.8 Å². The average molecular weight is 418 g/mol. The number of carbonyl (C=O) groups excluding carboxylic acids is 1. The molecule has 0 aliphatic rings. The molecule has 0 saturated carbocycles. The number of amides is 1. The summed E-state index contributed by atoms with van der Waals surface area (Å²) in [6.45, 7) is 4.60. The molecule has 0 aliphatic carbocycles. The summed E-state index contributed by atoms with van der Waals surface area (Å²) in [5, 5.41) is 29.7. The molecule has 0 spiro atoms. The van der Waals surface area contributed by atoms with E-state index in [1.807, 2.05) is 0 Å². The standard InChI is InChI=1S/C19H22N4O5S/c1-12(2)23-29(27,28)15-9-10-17(25)16(11-15)21-22-18(13(3)24)19(26)20-14-7-5-4-6-8-14/h4-12,23-25H,1-3H3,(H,20,26)/b18-13-,22-21?. The molecule has 2 aromatic rings. The second-order valence-electron chi connectivity index (χ2n) is 6.38. The number of aliphatic hydroxyl groups is 1. The highest BCUT2D eigenvalue weighted by Crippen LogP contribution is 2.30. The Morgan fingerprint density at radius 3 is 2.34 bits per heavy atom. The number of nitrogens with zero attached hydrogens (tertiary/aromatic N) is 2. The van der Waals surface area contributed by atoms with Crippen LogP contribution in [0.25, 0.3) is 0 Å². The van der Waals surface area contributed by atoms with Gasteiger partial charge in [-0.25, -0.2) is 13.1 Å². The zero-order chi connectivity index (χ0) is 21.6. The summed E-state index contributed by atoms with van der Waals surface area (Å²) in [5.41, 5.74) is -0.0770. The van der Waals surface area contributed by atoms with Crippen LogP contribution in [0.5, 0.6) is 5.75 Å². The second kappa shape index (κ2) is 9.30. The number of carbonyl (C=O) groups is 1. The van der Waals surface area contributed by atoms with Crippen LogP contribution in [0, 0.1) is 0 Å². The van der Waals surface area contributed by atoms with Crippen LogP contribution in [0.2, 0.25) is 0 Å². The van der Waals surface area contributed by atoms with Crippen molar-refractivity contribution in [2.24, 2.45) is 10.2 Å². The summed E-state index contributed by atoms with van der Waals surface area (Å²) < 4.78 is 27.0. The van der Waals surface area contributed by atoms with E-state index in [0.717, 1.165) is 12.1 Å². The van der Waals surface area contributed by atoms with E-state index in [1.54, 1.807) is 44.2 Å². The lowest BCUT2D eigenvalue weighted by atomic mass is 10.3. The van der Waals surface area contributed by atoms with E-state index < -0.39 is 21.7 Å². The van der Waals surface area contributed by atoms with Crippen molar-refractivity contribution in [3.8, 4) is 5.75 Å². The van der Waals surface area contributed by atoms with Gasteiger partial charge in [-0.05, 0) is 51.1 Å². The molecule has 2 rings (SSSR count). The van der Waals surface area contributed by atoms with Gasteiger partial charge in [0.1, 0.15) is 17.2 Å². The Hall–Kier alpha value is -3.24. The minimum absolute atomic E-state index is 0.127. The predicted octanol–water partition coefficient (Wildman–Crippen LogP) is 3.59. The summed E-state index contributed by atoms with van der Waals surface area (Å²) in [6.07, 6.45) is 0. The Bertz CT molecular complexity index is 1040. The number of nitrogens with one attached hydrogen (secondary N) is 2.